The maximum Gasteiger partial charge on any atom is 0.410 e. The van der Waals surface area contributed by atoms with E-state index in [1.165, 1.54) is 21.3 Å². The number of hydrogen-bond donors (Lipinski definition) is 2. The third kappa shape index (κ3) is 11.2. The first kappa shape index (κ1) is 56.8. The monoisotopic (exact) mass is 1120 g/mol. The van der Waals surface area contributed by atoms with Gasteiger partial charge in [-0.2, -0.15) is 0 Å². The van der Waals surface area contributed by atoms with Crippen molar-refractivity contribution in [2.24, 2.45) is 0 Å². The first-order valence-corrected chi connectivity index (χ1v) is 27.1. The fourth-order valence-corrected chi connectivity index (χ4v) is 10.9. The number of halogens is 5. The van der Waals surface area contributed by atoms with Crippen LogP contribution in [-0.2, 0) is 9.47 Å². The second kappa shape index (κ2) is 21.8. The molecule has 2 fully saturated rings. The minimum absolute atomic E-state index is 0.0717. The molecule has 0 spiro atoms. The van der Waals surface area contributed by atoms with E-state index >= 15 is 0 Å². The van der Waals surface area contributed by atoms with Crippen molar-refractivity contribution in [1.29, 1.82) is 0 Å². The minimum atomic E-state index is -0.741. The summed E-state index contributed by atoms with van der Waals surface area (Å²) in [5.41, 5.74) is 9.32. The standard InChI is InChI=1S/C28H34Cl2FN5O3.C28H33ClFN5O3/c1-15(2)18-9-7-8-10-21(18)36-25-19(11-20(31)24(30)33-25)23(22(32)26(36)37)35-13-16(3)34(14-17(35)12-29)27(38)39-28(4,5)6;1-15(2)18-9-7-8-10-21(18)35-25-19(11-20(30)24(29)32-25)23-22(26(35)36)31-12-17-14-33(16(3)13-34(17)23)27(37)38-28(4,5)6/h7-11,15-17H,12-14,32H2,1-6H3;7-11,15-17,31H,12-14H2,1-6H3/t2*16-,17+/m11/s1. The summed E-state index contributed by atoms with van der Waals surface area (Å²) in [6.07, 6.45) is -0.830. The molecule has 16 nitrogen and oxygen atoms in total. The highest BCUT2D eigenvalue weighted by atomic mass is 35.5. The first-order valence-electron chi connectivity index (χ1n) is 25.8. The average Bonchev–Trinajstić information content (AvgIpc) is 3.40. The summed E-state index contributed by atoms with van der Waals surface area (Å²) >= 11 is 18.7. The molecule has 0 radical (unpaired) electrons. The molecule has 3 N–H and O–H groups in total. The van der Waals surface area contributed by atoms with E-state index in [9.17, 15) is 28.0 Å². The summed E-state index contributed by atoms with van der Waals surface area (Å²) in [5, 5.41) is 3.45. The smallest absolute Gasteiger partial charge is 0.410 e. The number of nitrogens with zero attached hydrogens (tertiary/aromatic N) is 8. The summed E-state index contributed by atoms with van der Waals surface area (Å²) in [4.78, 5) is 69.9. The number of ether oxygens (including phenoxy) is 2. The van der Waals surface area contributed by atoms with E-state index in [1.807, 2.05) is 95.8 Å². The van der Waals surface area contributed by atoms with Crippen LogP contribution in [-0.4, -0.2) is 115 Å². The predicted molar refractivity (Wildman–Crippen MR) is 303 cm³/mol. The van der Waals surface area contributed by atoms with Gasteiger partial charge >= 0.3 is 12.2 Å². The van der Waals surface area contributed by atoms with E-state index in [0.717, 1.165) is 11.1 Å². The zero-order valence-corrected chi connectivity index (χ0v) is 47.7. The molecular weight excluding hydrogens is 1050 g/mol. The Hall–Kier alpha value is -6.37. The van der Waals surface area contributed by atoms with Crippen molar-refractivity contribution >= 4 is 91.8 Å². The molecule has 2 saturated heterocycles. The number of nitrogens with one attached hydrogen (secondary N) is 1. The molecule has 9 rings (SSSR count). The number of anilines is 4. The Labute approximate surface area is 462 Å². The van der Waals surface area contributed by atoms with Crippen molar-refractivity contribution in [2.75, 3.05) is 59.5 Å². The molecule has 2 aromatic carbocycles. The number of piperazine rings is 2. The highest BCUT2D eigenvalue weighted by Gasteiger charge is 2.42. The molecule has 21 heteroatoms. The van der Waals surface area contributed by atoms with E-state index in [0.29, 0.717) is 58.8 Å². The van der Waals surface area contributed by atoms with Gasteiger partial charge in [0.25, 0.3) is 11.1 Å². The van der Waals surface area contributed by atoms with Crippen LogP contribution in [0, 0.1) is 11.6 Å². The van der Waals surface area contributed by atoms with E-state index < -0.39 is 40.5 Å². The van der Waals surface area contributed by atoms with Crippen molar-refractivity contribution in [3.8, 4) is 11.4 Å². The second-order valence-electron chi connectivity index (χ2n) is 22.6. The lowest BCUT2D eigenvalue weighted by molar-refractivity contribution is 0.0119. The number of amides is 2. The summed E-state index contributed by atoms with van der Waals surface area (Å²) in [6.45, 7) is 24.7. The van der Waals surface area contributed by atoms with Crippen molar-refractivity contribution in [3.63, 3.8) is 0 Å². The Morgan fingerprint density at radius 3 is 1.61 bits per heavy atom. The van der Waals surface area contributed by atoms with E-state index in [-0.39, 0.29) is 87.9 Å². The van der Waals surface area contributed by atoms with Gasteiger partial charge in [0.1, 0.15) is 22.6 Å². The lowest BCUT2D eigenvalue weighted by Crippen LogP contribution is -2.63. The van der Waals surface area contributed by atoms with Crippen LogP contribution in [0.4, 0.5) is 41.1 Å². The molecule has 77 heavy (non-hydrogen) atoms. The first-order chi connectivity index (χ1) is 36.1. The van der Waals surface area contributed by atoms with Crippen LogP contribution in [0.25, 0.3) is 33.4 Å². The molecule has 0 bridgehead atoms. The topological polar surface area (TPSA) is 173 Å². The Kier molecular flexibility index (Phi) is 16.1. The molecular formula is C56H67Cl3F2N10O6. The van der Waals surface area contributed by atoms with Gasteiger partial charge in [0.15, 0.2) is 33.2 Å². The number of nitrogens with two attached hydrogens (primary N) is 1. The molecule has 7 heterocycles. The van der Waals surface area contributed by atoms with Crippen molar-refractivity contribution in [2.45, 2.75) is 130 Å². The number of pyridine rings is 4. The number of alkyl halides is 1. The van der Waals surface area contributed by atoms with Crippen molar-refractivity contribution in [3.05, 3.63) is 114 Å². The lowest BCUT2D eigenvalue weighted by Gasteiger charge is -2.49. The van der Waals surface area contributed by atoms with E-state index in [4.69, 9.17) is 50.0 Å². The molecule has 4 aromatic heterocycles. The maximum absolute atomic E-state index is 14.9. The van der Waals surface area contributed by atoms with Crippen LogP contribution < -0.4 is 32.0 Å². The summed E-state index contributed by atoms with van der Waals surface area (Å²) in [5.74, 6) is -1.06. The predicted octanol–water partition coefficient (Wildman–Crippen LogP) is 11.5. The van der Waals surface area contributed by atoms with Gasteiger partial charge in [-0.15, -0.1) is 11.6 Å². The number of nitrogen functional groups attached to an aromatic ring is 1. The van der Waals surface area contributed by atoms with Gasteiger partial charge in [-0.25, -0.2) is 28.3 Å². The Morgan fingerprint density at radius 1 is 0.701 bits per heavy atom. The van der Waals surface area contributed by atoms with Crippen LogP contribution >= 0.6 is 34.8 Å². The van der Waals surface area contributed by atoms with E-state index in [2.05, 4.69) is 34.0 Å². The molecule has 0 aliphatic carbocycles. The molecule has 0 saturated carbocycles. The number of carbonyl (C=O) groups excluding carboxylic acids is 2. The number of carbonyl (C=O) groups is 2. The molecule has 4 atom stereocenters. The molecule has 6 aromatic rings. The zero-order chi connectivity index (χ0) is 56.3. The number of rotatable bonds is 6. The van der Waals surface area contributed by atoms with Crippen molar-refractivity contribution in [1.82, 2.24) is 28.9 Å². The fraction of sp³-hybridized carbons (Fsp3) is 0.464. The number of hydrogen-bond acceptors (Lipinski definition) is 12. The Bertz CT molecular complexity index is 3400. The van der Waals surface area contributed by atoms with Gasteiger partial charge in [0.05, 0.1) is 34.8 Å². The average molecular weight is 1120 g/mol. The normalized spacial score (nSPS) is 18.7. The zero-order valence-electron chi connectivity index (χ0n) is 45.5. The van der Waals surface area contributed by atoms with Crippen molar-refractivity contribution < 1.29 is 27.8 Å². The van der Waals surface area contributed by atoms with Crippen LogP contribution in [0.5, 0.6) is 0 Å². The van der Waals surface area contributed by atoms with Gasteiger partial charge in [0, 0.05) is 61.5 Å². The SMILES string of the molecule is CC(C)c1ccccc1-n1c(=O)c(N)c(N2C[C@@H](C)N(C(=O)OC(C)(C)C)C[C@@H]2CCl)c2cc(F)c(Cl)nc21.CC(C)c1ccccc1-n1c(=O)c2c(c3cc(F)c(Cl)nc31)N1C[C@@H](C)N(C(=O)OC(C)(C)C)C[C@@H]1CN2. The lowest BCUT2D eigenvalue weighted by atomic mass is 9.99. The molecule has 412 valence electrons. The largest absolute Gasteiger partial charge is 0.444 e. The van der Waals surface area contributed by atoms with E-state index in [1.54, 1.807) is 36.6 Å². The van der Waals surface area contributed by atoms with Crippen LogP contribution in [0.2, 0.25) is 10.3 Å². The number of benzene rings is 2. The van der Waals surface area contributed by atoms with Gasteiger partial charge in [-0.1, -0.05) is 87.3 Å². The summed E-state index contributed by atoms with van der Waals surface area (Å²) < 4.78 is 44.0. The third-order valence-electron chi connectivity index (χ3n) is 13.9. The number of aromatic nitrogens is 4. The fourth-order valence-electron chi connectivity index (χ4n) is 10.4. The second-order valence-corrected chi connectivity index (χ2v) is 23.6. The molecule has 3 aliphatic heterocycles. The third-order valence-corrected chi connectivity index (χ3v) is 14.8. The van der Waals surface area contributed by atoms with Gasteiger partial charge in [-0.05, 0) is 103 Å². The molecule has 0 unspecified atom stereocenters. The van der Waals surface area contributed by atoms with Crippen LogP contribution in [0.15, 0.2) is 70.3 Å². The summed E-state index contributed by atoms with van der Waals surface area (Å²) in [6, 6.07) is 16.6. The maximum atomic E-state index is 14.9. The minimum Gasteiger partial charge on any atom is -0.444 e. The number of para-hydroxylation sites is 2. The quantitative estimate of drug-likeness (QED) is 0.120. The Morgan fingerprint density at radius 2 is 1.14 bits per heavy atom. The van der Waals surface area contributed by atoms with Gasteiger partial charge in [0.2, 0.25) is 0 Å². The molecule has 3 aliphatic rings. The van der Waals surface area contributed by atoms with Crippen LogP contribution in [0.1, 0.15) is 106 Å². The van der Waals surface area contributed by atoms with Crippen LogP contribution in [0.3, 0.4) is 0 Å². The summed E-state index contributed by atoms with van der Waals surface area (Å²) in [7, 11) is 0. The van der Waals surface area contributed by atoms with Gasteiger partial charge in [-0.3, -0.25) is 18.7 Å². The highest BCUT2D eigenvalue weighted by molar-refractivity contribution is 6.30. The highest BCUT2D eigenvalue weighted by Crippen LogP contribution is 2.41. The van der Waals surface area contributed by atoms with Gasteiger partial charge < -0.3 is 40.1 Å². The number of fused-ring (bicyclic) bond motifs is 6. The Balaban J connectivity index is 0.000000204. The molecule has 2 amide bonds.